The van der Waals surface area contributed by atoms with Crippen LogP contribution in [-0.4, -0.2) is 62.0 Å². The maximum Gasteiger partial charge on any atom is 0.491 e. The number of anilines is 1. The number of halogens is 3. The van der Waals surface area contributed by atoms with E-state index in [1.165, 1.54) is 7.05 Å². The second-order valence-corrected chi connectivity index (χ2v) is 7.34. The molecule has 142 valence electrons. The number of ether oxygens (including phenoxy) is 1. The molecule has 2 heterocycles. The van der Waals surface area contributed by atoms with Crippen molar-refractivity contribution >= 4 is 21.9 Å². The summed E-state index contributed by atoms with van der Waals surface area (Å²) < 4.78 is 70.4. The van der Waals surface area contributed by atoms with Gasteiger partial charge in [-0.15, -0.1) is 5.10 Å². The zero-order valence-electron chi connectivity index (χ0n) is 13.7. The lowest BCUT2D eigenvalue weighted by Crippen LogP contribution is -2.48. The van der Waals surface area contributed by atoms with Gasteiger partial charge < -0.3 is 4.74 Å². The Balaban J connectivity index is 2.23. The average Bonchev–Trinajstić information content (AvgIpc) is 3.03. The predicted molar refractivity (Wildman–Crippen MR) is 81.0 cm³/mol. The first-order valence-electron chi connectivity index (χ1n) is 7.21. The number of rotatable bonds is 5. The molecule has 1 N–H and O–H groups in total. The third-order valence-corrected chi connectivity index (χ3v) is 5.19. The Hall–Kier alpha value is -1.86. The standard InChI is InChI=1S/C12H18F3N5O4S/c1-18-6-4-5-9(18)17-25(22,23)20(3)8-7-19(2)16-10(8)24-11(21)12(13,14)15/h7,9,17H,4-6H2,1-3H3/t9-/m0/s1. The number of likely N-dealkylation sites (tertiary alicyclic amines) is 1. The lowest BCUT2D eigenvalue weighted by atomic mass is 10.3. The van der Waals surface area contributed by atoms with Crippen molar-refractivity contribution < 1.29 is 31.1 Å². The fourth-order valence-electron chi connectivity index (χ4n) is 2.33. The highest BCUT2D eigenvalue weighted by atomic mass is 32.2. The first-order valence-corrected chi connectivity index (χ1v) is 8.65. The molecule has 0 unspecified atom stereocenters. The summed E-state index contributed by atoms with van der Waals surface area (Å²) in [6.07, 6.45) is -3.10. The van der Waals surface area contributed by atoms with Crippen LogP contribution in [0.2, 0.25) is 0 Å². The maximum atomic E-state index is 12.5. The van der Waals surface area contributed by atoms with E-state index in [-0.39, 0.29) is 5.69 Å². The number of aromatic nitrogens is 2. The largest absolute Gasteiger partial charge is 0.491 e. The van der Waals surface area contributed by atoms with E-state index in [0.29, 0.717) is 10.7 Å². The predicted octanol–water partition coefficient (Wildman–Crippen LogP) is 0.210. The normalized spacial score (nSPS) is 19.2. The van der Waals surface area contributed by atoms with E-state index in [4.69, 9.17) is 0 Å². The minimum absolute atomic E-state index is 0.298. The van der Waals surface area contributed by atoms with Crippen molar-refractivity contribution in [3.05, 3.63) is 6.20 Å². The summed E-state index contributed by atoms with van der Waals surface area (Å²) in [6.45, 7) is 0.720. The van der Waals surface area contributed by atoms with Crippen molar-refractivity contribution in [3.8, 4) is 5.88 Å². The molecule has 9 nitrogen and oxygen atoms in total. The van der Waals surface area contributed by atoms with Crippen LogP contribution >= 0.6 is 0 Å². The van der Waals surface area contributed by atoms with Crippen molar-refractivity contribution in [1.29, 1.82) is 0 Å². The van der Waals surface area contributed by atoms with E-state index in [1.54, 1.807) is 11.9 Å². The number of nitrogens with one attached hydrogen (secondary N) is 1. The van der Waals surface area contributed by atoms with Gasteiger partial charge in [-0.1, -0.05) is 0 Å². The summed E-state index contributed by atoms with van der Waals surface area (Å²) in [5.74, 6) is -3.24. The Labute approximate surface area is 142 Å². The molecule has 1 saturated heterocycles. The van der Waals surface area contributed by atoms with Crippen LogP contribution in [0.25, 0.3) is 0 Å². The molecule has 1 aromatic heterocycles. The van der Waals surface area contributed by atoms with Gasteiger partial charge in [-0.05, 0) is 26.4 Å². The Bertz CT molecular complexity index is 748. The van der Waals surface area contributed by atoms with Crippen LogP contribution < -0.4 is 13.8 Å². The van der Waals surface area contributed by atoms with Gasteiger partial charge in [0.1, 0.15) is 5.69 Å². The van der Waals surface area contributed by atoms with Gasteiger partial charge in [0.2, 0.25) is 0 Å². The zero-order chi connectivity index (χ0) is 19.0. The molecule has 1 aliphatic rings. The van der Waals surface area contributed by atoms with Crippen molar-refractivity contribution in [3.63, 3.8) is 0 Å². The monoisotopic (exact) mass is 385 g/mol. The van der Waals surface area contributed by atoms with Crippen LogP contribution in [-0.2, 0) is 22.1 Å². The number of aryl methyl sites for hydroxylation is 1. The van der Waals surface area contributed by atoms with Crippen LogP contribution in [0, 0.1) is 0 Å². The molecule has 1 fully saturated rings. The van der Waals surface area contributed by atoms with Gasteiger partial charge in [0.25, 0.3) is 5.88 Å². The van der Waals surface area contributed by atoms with E-state index < -0.39 is 34.4 Å². The quantitative estimate of drug-likeness (QED) is 0.728. The highest BCUT2D eigenvalue weighted by molar-refractivity contribution is 7.90. The lowest BCUT2D eigenvalue weighted by molar-refractivity contribution is -0.189. The fraction of sp³-hybridized carbons (Fsp3) is 0.667. The van der Waals surface area contributed by atoms with Gasteiger partial charge in [-0.2, -0.15) is 26.3 Å². The minimum Gasteiger partial charge on any atom is -0.397 e. The van der Waals surface area contributed by atoms with Gasteiger partial charge in [0.15, 0.2) is 0 Å². The van der Waals surface area contributed by atoms with Crippen LogP contribution in [0.15, 0.2) is 6.20 Å². The highest BCUT2D eigenvalue weighted by Gasteiger charge is 2.42. The second-order valence-electron chi connectivity index (χ2n) is 5.61. The van der Waals surface area contributed by atoms with Crippen LogP contribution in [0.4, 0.5) is 18.9 Å². The molecule has 0 saturated carbocycles. The summed E-state index contributed by atoms with van der Waals surface area (Å²) in [7, 11) is 0.135. The van der Waals surface area contributed by atoms with E-state index in [2.05, 4.69) is 14.6 Å². The molecule has 0 spiro atoms. The van der Waals surface area contributed by atoms with Crippen molar-refractivity contribution in [2.45, 2.75) is 25.2 Å². The molecule has 2 rings (SSSR count). The highest BCUT2D eigenvalue weighted by Crippen LogP contribution is 2.29. The summed E-state index contributed by atoms with van der Waals surface area (Å²) in [5.41, 5.74) is -0.298. The molecule has 0 amide bonds. The number of alkyl halides is 3. The molecule has 0 radical (unpaired) electrons. The molecule has 0 aromatic carbocycles. The molecule has 1 aromatic rings. The summed E-state index contributed by atoms with van der Waals surface area (Å²) in [4.78, 5) is 12.8. The van der Waals surface area contributed by atoms with Gasteiger partial charge in [-0.25, -0.2) is 4.79 Å². The Kier molecular flexibility index (Phi) is 5.30. The average molecular weight is 385 g/mol. The zero-order valence-corrected chi connectivity index (χ0v) is 14.6. The van der Waals surface area contributed by atoms with Crippen LogP contribution in [0.1, 0.15) is 12.8 Å². The number of nitrogens with zero attached hydrogens (tertiary/aromatic N) is 4. The van der Waals surface area contributed by atoms with E-state index >= 15 is 0 Å². The summed E-state index contributed by atoms with van der Waals surface area (Å²) >= 11 is 0. The molecule has 13 heteroatoms. The Morgan fingerprint density at radius 3 is 2.60 bits per heavy atom. The van der Waals surface area contributed by atoms with Crippen molar-refractivity contribution in [1.82, 2.24) is 19.4 Å². The molecular formula is C12H18F3N5O4S. The minimum atomic E-state index is -5.23. The number of esters is 1. The third kappa shape index (κ3) is 4.41. The van der Waals surface area contributed by atoms with Crippen LogP contribution in [0.3, 0.4) is 0 Å². The third-order valence-electron chi connectivity index (χ3n) is 3.70. The number of carbonyl (C=O) groups excluding carboxylic acids is 1. The van der Waals surface area contributed by atoms with Gasteiger partial charge >= 0.3 is 22.4 Å². The van der Waals surface area contributed by atoms with Gasteiger partial charge in [0, 0.05) is 14.1 Å². The number of carbonyl (C=O) groups is 1. The molecular weight excluding hydrogens is 367 g/mol. The van der Waals surface area contributed by atoms with Gasteiger partial charge in [-0.3, -0.25) is 13.9 Å². The second kappa shape index (κ2) is 6.80. The smallest absolute Gasteiger partial charge is 0.397 e. The SMILES string of the molecule is CN1CCC[C@H]1NS(=O)(=O)N(C)c1cn(C)nc1OC(=O)C(F)(F)F. The van der Waals surface area contributed by atoms with Crippen molar-refractivity contribution in [2.24, 2.45) is 7.05 Å². The fourth-order valence-corrected chi connectivity index (χ4v) is 3.51. The maximum absolute atomic E-state index is 12.5. The first-order chi connectivity index (χ1) is 11.4. The Morgan fingerprint density at radius 1 is 1.44 bits per heavy atom. The summed E-state index contributed by atoms with van der Waals surface area (Å²) in [5, 5.41) is 3.57. The Morgan fingerprint density at radius 2 is 2.08 bits per heavy atom. The molecule has 1 aliphatic heterocycles. The topological polar surface area (TPSA) is 96.8 Å². The number of hydrogen-bond acceptors (Lipinski definition) is 6. The summed E-state index contributed by atoms with van der Waals surface area (Å²) in [6, 6.07) is 0. The van der Waals surface area contributed by atoms with Crippen LogP contribution in [0.5, 0.6) is 5.88 Å². The first kappa shape index (κ1) is 19.5. The molecule has 1 atom stereocenters. The van der Waals surface area contributed by atoms with E-state index in [1.807, 2.05) is 0 Å². The van der Waals surface area contributed by atoms with E-state index in [9.17, 15) is 26.4 Å². The van der Waals surface area contributed by atoms with E-state index in [0.717, 1.165) is 30.9 Å². The van der Waals surface area contributed by atoms with Crippen molar-refractivity contribution in [2.75, 3.05) is 24.9 Å². The molecule has 25 heavy (non-hydrogen) atoms. The lowest BCUT2D eigenvalue weighted by Gasteiger charge is -2.25. The molecule has 0 aliphatic carbocycles. The number of hydrogen-bond donors (Lipinski definition) is 1. The van der Waals surface area contributed by atoms with Gasteiger partial charge in [0.05, 0.1) is 12.4 Å². The molecule has 0 bridgehead atoms.